The molecule has 0 aromatic carbocycles. The van der Waals surface area contributed by atoms with Gasteiger partial charge in [-0.15, -0.1) is 0 Å². The molecule has 2 fully saturated rings. The second-order valence-corrected chi connectivity index (χ2v) is 6.98. The summed E-state index contributed by atoms with van der Waals surface area (Å²) < 4.78 is 0. The molecule has 18 heavy (non-hydrogen) atoms. The normalized spacial score (nSPS) is 24.2. The van der Waals surface area contributed by atoms with Crippen LogP contribution in [0.1, 0.15) is 52.9 Å². The largest absolute Gasteiger partial charge is 0.341 e. The average Bonchev–Trinajstić information content (AvgIpc) is 2.27. The Morgan fingerprint density at radius 1 is 1.28 bits per heavy atom. The Bertz CT molecular complexity index is 363. The van der Waals surface area contributed by atoms with Crippen LogP contribution >= 0.6 is 0 Å². The van der Waals surface area contributed by atoms with Crippen molar-refractivity contribution in [3.63, 3.8) is 0 Å². The molecule has 1 amide bonds. The maximum absolute atomic E-state index is 12.4. The van der Waals surface area contributed by atoms with Gasteiger partial charge in [0, 0.05) is 13.1 Å². The first-order chi connectivity index (χ1) is 8.39. The molecule has 1 saturated heterocycles. The molecule has 2 aliphatic rings. The summed E-state index contributed by atoms with van der Waals surface area (Å²) in [5.74, 6) is 0.796. The van der Waals surface area contributed by atoms with Gasteiger partial charge in [0.15, 0.2) is 0 Å². The number of amides is 1. The highest BCUT2D eigenvalue weighted by atomic mass is 16.2. The molecule has 0 spiro atoms. The second-order valence-electron chi connectivity index (χ2n) is 6.98. The lowest BCUT2D eigenvalue weighted by Crippen LogP contribution is -2.50. The van der Waals surface area contributed by atoms with Crippen molar-refractivity contribution >= 4 is 5.91 Å². The Labute approximate surface area is 110 Å². The minimum Gasteiger partial charge on any atom is -0.341 e. The van der Waals surface area contributed by atoms with E-state index in [0.29, 0.717) is 11.3 Å². The molecule has 0 aromatic rings. The predicted molar refractivity (Wildman–Crippen MR) is 70.7 cm³/mol. The summed E-state index contributed by atoms with van der Waals surface area (Å²) in [6.45, 7) is 8.50. The van der Waals surface area contributed by atoms with Crippen LogP contribution in [-0.4, -0.2) is 23.9 Å². The molecule has 3 heteroatoms. The molecule has 3 nitrogen and oxygen atoms in total. The first-order valence-corrected chi connectivity index (χ1v) is 7.10. The van der Waals surface area contributed by atoms with E-state index in [-0.39, 0.29) is 5.91 Å². The maximum atomic E-state index is 12.4. The summed E-state index contributed by atoms with van der Waals surface area (Å²) >= 11 is 0. The van der Waals surface area contributed by atoms with E-state index in [4.69, 9.17) is 0 Å². The molecule has 100 valence electrons. The van der Waals surface area contributed by atoms with Gasteiger partial charge >= 0.3 is 0 Å². The fourth-order valence-electron chi connectivity index (χ4n) is 3.16. The molecular weight excluding hydrogens is 224 g/mol. The molecule has 1 heterocycles. The minimum absolute atomic E-state index is 0.101. The van der Waals surface area contributed by atoms with Crippen LogP contribution in [0.2, 0.25) is 0 Å². The van der Waals surface area contributed by atoms with E-state index in [1.807, 2.05) is 4.90 Å². The van der Waals surface area contributed by atoms with E-state index in [1.54, 1.807) is 0 Å². The fourth-order valence-corrected chi connectivity index (χ4v) is 3.16. The lowest BCUT2D eigenvalue weighted by molar-refractivity contribution is -0.145. The van der Waals surface area contributed by atoms with Gasteiger partial charge in [-0.2, -0.15) is 5.26 Å². The highest BCUT2D eigenvalue weighted by Gasteiger charge is 2.47. The van der Waals surface area contributed by atoms with Crippen LogP contribution in [0.5, 0.6) is 0 Å². The fraction of sp³-hybridized carbons (Fsp3) is 0.867. The van der Waals surface area contributed by atoms with Crippen LogP contribution in [0.4, 0.5) is 0 Å². The van der Waals surface area contributed by atoms with Crippen LogP contribution in [0.25, 0.3) is 0 Å². The van der Waals surface area contributed by atoms with E-state index < -0.39 is 5.41 Å². The number of hydrogen-bond donors (Lipinski definition) is 0. The Balaban J connectivity index is 1.94. The predicted octanol–water partition coefficient (Wildman–Crippen LogP) is 2.96. The Morgan fingerprint density at radius 3 is 2.17 bits per heavy atom. The molecule has 0 bridgehead atoms. The summed E-state index contributed by atoms with van der Waals surface area (Å²) in [6.07, 6.45) is 4.72. The minimum atomic E-state index is -0.658. The van der Waals surface area contributed by atoms with Crippen molar-refractivity contribution in [3.8, 4) is 6.07 Å². The number of hydrogen-bond acceptors (Lipinski definition) is 2. The number of likely N-dealkylation sites (tertiary alicyclic amines) is 1. The van der Waals surface area contributed by atoms with E-state index in [2.05, 4.69) is 26.8 Å². The van der Waals surface area contributed by atoms with E-state index in [1.165, 1.54) is 0 Å². The smallest absolute Gasteiger partial charge is 0.243 e. The SMILES string of the molecule is CC(C)(C)C1CCN(C(=O)C2(C#N)CCC2)CC1. The summed E-state index contributed by atoms with van der Waals surface area (Å²) in [5.41, 5.74) is -0.326. The highest BCUT2D eigenvalue weighted by Crippen LogP contribution is 2.43. The molecule has 0 radical (unpaired) electrons. The van der Waals surface area contributed by atoms with Crippen molar-refractivity contribution < 1.29 is 4.79 Å². The van der Waals surface area contributed by atoms with Crippen LogP contribution in [0, 0.1) is 28.1 Å². The van der Waals surface area contributed by atoms with E-state index in [0.717, 1.165) is 45.2 Å². The van der Waals surface area contributed by atoms with Crippen molar-refractivity contribution in [2.24, 2.45) is 16.7 Å². The summed E-state index contributed by atoms with van der Waals surface area (Å²) in [4.78, 5) is 14.3. The lowest BCUT2D eigenvalue weighted by atomic mass is 9.68. The zero-order valence-electron chi connectivity index (χ0n) is 11.8. The van der Waals surface area contributed by atoms with Gasteiger partial charge < -0.3 is 4.90 Å². The average molecular weight is 248 g/mol. The van der Waals surface area contributed by atoms with Gasteiger partial charge in [0.25, 0.3) is 0 Å². The number of rotatable bonds is 1. The van der Waals surface area contributed by atoms with Crippen molar-refractivity contribution in [1.29, 1.82) is 5.26 Å². The number of carbonyl (C=O) groups excluding carboxylic acids is 1. The van der Waals surface area contributed by atoms with Gasteiger partial charge in [-0.25, -0.2) is 0 Å². The molecular formula is C15H24N2O. The van der Waals surface area contributed by atoms with Gasteiger partial charge in [0.2, 0.25) is 5.91 Å². The molecule has 1 saturated carbocycles. The third-order valence-corrected chi connectivity index (χ3v) is 4.84. The third-order valence-electron chi connectivity index (χ3n) is 4.84. The topological polar surface area (TPSA) is 44.1 Å². The Morgan fingerprint density at radius 2 is 1.83 bits per heavy atom. The molecule has 0 aromatic heterocycles. The van der Waals surface area contributed by atoms with Gasteiger partial charge in [0.1, 0.15) is 5.41 Å². The molecule has 0 atom stereocenters. The lowest BCUT2D eigenvalue weighted by Gasteiger charge is -2.43. The van der Waals surface area contributed by atoms with Crippen LogP contribution < -0.4 is 0 Å². The van der Waals surface area contributed by atoms with E-state index >= 15 is 0 Å². The van der Waals surface area contributed by atoms with Crippen molar-refractivity contribution in [3.05, 3.63) is 0 Å². The van der Waals surface area contributed by atoms with Crippen LogP contribution in [0.3, 0.4) is 0 Å². The first-order valence-electron chi connectivity index (χ1n) is 7.10. The first kappa shape index (κ1) is 13.4. The van der Waals surface area contributed by atoms with Crippen LogP contribution in [-0.2, 0) is 4.79 Å². The van der Waals surface area contributed by atoms with Gasteiger partial charge in [-0.05, 0) is 43.4 Å². The second kappa shape index (κ2) is 4.57. The van der Waals surface area contributed by atoms with Crippen LogP contribution in [0.15, 0.2) is 0 Å². The number of nitrogens with zero attached hydrogens (tertiary/aromatic N) is 2. The highest BCUT2D eigenvalue weighted by molar-refractivity contribution is 5.86. The Hall–Kier alpha value is -1.04. The van der Waals surface area contributed by atoms with Gasteiger partial charge in [-0.3, -0.25) is 4.79 Å². The third kappa shape index (κ3) is 2.25. The zero-order chi connectivity index (χ0) is 13.4. The summed E-state index contributed by atoms with van der Waals surface area (Å²) in [7, 11) is 0. The molecule has 1 aliphatic carbocycles. The molecule has 2 rings (SSSR count). The standard InChI is InChI=1S/C15H24N2O/c1-14(2,3)12-5-9-17(10-6-12)13(18)15(11-16)7-4-8-15/h12H,4-10H2,1-3H3. The van der Waals surface area contributed by atoms with Crippen molar-refractivity contribution in [2.75, 3.05) is 13.1 Å². The number of nitriles is 1. The molecule has 1 aliphatic heterocycles. The van der Waals surface area contributed by atoms with Crippen molar-refractivity contribution in [1.82, 2.24) is 4.90 Å². The molecule has 0 unspecified atom stereocenters. The number of piperidine rings is 1. The number of carbonyl (C=O) groups is 1. The van der Waals surface area contributed by atoms with E-state index in [9.17, 15) is 10.1 Å². The quantitative estimate of drug-likeness (QED) is 0.716. The van der Waals surface area contributed by atoms with Gasteiger partial charge in [0.05, 0.1) is 6.07 Å². The molecule has 0 N–H and O–H groups in total. The maximum Gasteiger partial charge on any atom is 0.243 e. The zero-order valence-corrected chi connectivity index (χ0v) is 11.8. The summed E-state index contributed by atoms with van der Waals surface area (Å²) in [6, 6.07) is 2.26. The van der Waals surface area contributed by atoms with Crippen molar-refractivity contribution in [2.45, 2.75) is 52.9 Å². The van der Waals surface area contributed by atoms with Gasteiger partial charge in [-0.1, -0.05) is 20.8 Å². The monoisotopic (exact) mass is 248 g/mol. The summed E-state index contributed by atoms with van der Waals surface area (Å²) in [5, 5.41) is 9.22. The Kier molecular flexibility index (Phi) is 3.40.